The summed E-state index contributed by atoms with van der Waals surface area (Å²) in [6, 6.07) is 21.5. The van der Waals surface area contributed by atoms with Gasteiger partial charge in [-0.1, -0.05) is 41.7 Å². The van der Waals surface area contributed by atoms with E-state index in [1.165, 1.54) is 27.8 Å². The molecule has 1 aromatic heterocycles. The maximum Gasteiger partial charge on any atom is 0.260 e. The number of rotatable bonds is 8. The molecule has 0 N–H and O–H groups in total. The molecular formula is C26H25N3O4S2. The van der Waals surface area contributed by atoms with E-state index in [0.29, 0.717) is 17.2 Å². The van der Waals surface area contributed by atoms with Gasteiger partial charge in [-0.15, -0.1) is 0 Å². The second-order valence-electron chi connectivity index (χ2n) is 8.48. The summed E-state index contributed by atoms with van der Waals surface area (Å²) in [5.41, 5.74) is 2.13. The van der Waals surface area contributed by atoms with E-state index in [9.17, 15) is 13.2 Å². The quantitative estimate of drug-likeness (QED) is 0.338. The SMILES string of the molecule is COc1ccc2nc(N(Cc3ccccc3)C(=O)c3ccc(S(=O)(=O)N(C)C4CC4)cc3)sc2c1. The van der Waals surface area contributed by atoms with Gasteiger partial charge in [0, 0.05) is 18.7 Å². The lowest BCUT2D eigenvalue weighted by Gasteiger charge is -2.21. The zero-order valence-electron chi connectivity index (χ0n) is 19.4. The third kappa shape index (κ3) is 4.80. The zero-order chi connectivity index (χ0) is 24.6. The van der Waals surface area contributed by atoms with E-state index in [0.717, 1.165) is 34.4 Å². The average molecular weight is 508 g/mol. The van der Waals surface area contributed by atoms with E-state index < -0.39 is 10.0 Å². The Kier molecular flexibility index (Phi) is 6.31. The lowest BCUT2D eigenvalue weighted by Crippen LogP contribution is -2.31. The average Bonchev–Trinajstić information content (AvgIpc) is 3.65. The van der Waals surface area contributed by atoms with E-state index in [4.69, 9.17) is 9.72 Å². The van der Waals surface area contributed by atoms with Crippen molar-refractivity contribution in [2.75, 3.05) is 19.1 Å². The van der Waals surface area contributed by atoms with Gasteiger partial charge in [0.2, 0.25) is 10.0 Å². The third-order valence-electron chi connectivity index (χ3n) is 6.08. The molecule has 180 valence electrons. The monoisotopic (exact) mass is 507 g/mol. The largest absolute Gasteiger partial charge is 0.497 e. The molecule has 1 heterocycles. The van der Waals surface area contributed by atoms with Crippen LogP contribution in [-0.2, 0) is 16.6 Å². The molecule has 1 amide bonds. The van der Waals surface area contributed by atoms with Gasteiger partial charge in [0.15, 0.2) is 5.13 Å². The molecule has 7 nitrogen and oxygen atoms in total. The number of aromatic nitrogens is 1. The molecule has 1 aliphatic carbocycles. The van der Waals surface area contributed by atoms with E-state index in [1.807, 2.05) is 48.5 Å². The van der Waals surface area contributed by atoms with E-state index in [2.05, 4.69) is 0 Å². The van der Waals surface area contributed by atoms with Crippen LogP contribution >= 0.6 is 11.3 Å². The minimum atomic E-state index is -3.58. The van der Waals surface area contributed by atoms with Crippen LogP contribution in [0.15, 0.2) is 77.7 Å². The van der Waals surface area contributed by atoms with Crippen molar-refractivity contribution >= 4 is 42.6 Å². The molecule has 1 saturated carbocycles. The summed E-state index contributed by atoms with van der Waals surface area (Å²) in [6.07, 6.45) is 1.77. The normalized spacial score (nSPS) is 13.8. The summed E-state index contributed by atoms with van der Waals surface area (Å²) in [6.45, 7) is 0.334. The molecule has 4 aromatic rings. The molecule has 1 aliphatic rings. The number of fused-ring (bicyclic) bond motifs is 1. The number of hydrogen-bond donors (Lipinski definition) is 0. The summed E-state index contributed by atoms with van der Waals surface area (Å²) in [4.78, 5) is 20.2. The highest BCUT2D eigenvalue weighted by molar-refractivity contribution is 7.89. The van der Waals surface area contributed by atoms with E-state index in [-0.39, 0.29) is 16.8 Å². The number of sulfonamides is 1. The van der Waals surface area contributed by atoms with Gasteiger partial charge in [-0.3, -0.25) is 9.69 Å². The molecule has 5 rings (SSSR count). The van der Waals surface area contributed by atoms with E-state index >= 15 is 0 Å². The first-order chi connectivity index (χ1) is 16.9. The molecule has 0 aliphatic heterocycles. The Morgan fingerprint density at radius 1 is 1.06 bits per heavy atom. The number of methoxy groups -OCH3 is 1. The number of carbonyl (C=O) groups excluding carboxylic acids is 1. The van der Waals surface area contributed by atoms with Crippen molar-refractivity contribution in [2.45, 2.75) is 30.3 Å². The van der Waals surface area contributed by atoms with Crippen LogP contribution in [0, 0.1) is 0 Å². The smallest absolute Gasteiger partial charge is 0.260 e. The Morgan fingerprint density at radius 2 is 1.77 bits per heavy atom. The van der Waals surface area contributed by atoms with Crippen LogP contribution in [0.5, 0.6) is 5.75 Å². The second kappa shape index (κ2) is 9.41. The number of amides is 1. The van der Waals surface area contributed by atoms with Gasteiger partial charge in [0.05, 0.1) is 28.8 Å². The fourth-order valence-electron chi connectivity index (χ4n) is 3.85. The number of anilines is 1. The van der Waals surface area contributed by atoms with Crippen LogP contribution in [0.25, 0.3) is 10.2 Å². The summed E-state index contributed by atoms with van der Waals surface area (Å²) >= 11 is 1.41. The highest BCUT2D eigenvalue weighted by Crippen LogP contribution is 2.34. The summed E-state index contributed by atoms with van der Waals surface area (Å²) in [5.74, 6) is 0.473. The van der Waals surface area contributed by atoms with Crippen LogP contribution < -0.4 is 9.64 Å². The minimum Gasteiger partial charge on any atom is -0.497 e. The first kappa shape index (κ1) is 23.5. The maximum absolute atomic E-state index is 13.7. The molecule has 0 saturated heterocycles. The molecule has 35 heavy (non-hydrogen) atoms. The van der Waals surface area contributed by atoms with Crippen molar-refractivity contribution in [2.24, 2.45) is 0 Å². The van der Waals surface area contributed by atoms with Gasteiger partial charge in [0.25, 0.3) is 5.91 Å². The Hall–Kier alpha value is -3.27. The highest BCUT2D eigenvalue weighted by Gasteiger charge is 2.35. The number of hydrogen-bond acceptors (Lipinski definition) is 6. The topological polar surface area (TPSA) is 79.8 Å². The lowest BCUT2D eigenvalue weighted by atomic mass is 10.1. The van der Waals surface area contributed by atoms with Gasteiger partial charge in [0.1, 0.15) is 5.75 Å². The second-order valence-corrected chi connectivity index (χ2v) is 11.5. The van der Waals surface area contributed by atoms with Crippen LogP contribution in [-0.4, -0.2) is 43.8 Å². The van der Waals surface area contributed by atoms with Crippen molar-refractivity contribution in [3.63, 3.8) is 0 Å². The number of ether oxygens (including phenoxy) is 1. The minimum absolute atomic E-state index is 0.0698. The van der Waals surface area contributed by atoms with Crippen LogP contribution in [0.3, 0.4) is 0 Å². The van der Waals surface area contributed by atoms with Crippen LogP contribution in [0.4, 0.5) is 5.13 Å². The third-order valence-corrected chi connectivity index (χ3v) is 9.05. The Balaban J connectivity index is 1.48. The van der Waals surface area contributed by atoms with E-state index in [1.54, 1.807) is 31.2 Å². The fourth-order valence-corrected chi connectivity index (χ4v) is 6.26. The van der Waals surface area contributed by atoms with Crippen LogP contribution in [0.1, 0.15) is 28.8 Å². The Labute approximate surface area is 208 Å². The summed E-state index contributed by atoms with van der Waals surface area (Å²) in [5, 5.41) is 0.562. The molecule has 0 unspecified atom stereocenters. The summed E-state index contributed by atoms with van der Waals surface area (Å²) < 4.78 is 33.4. The molecule has 0 atom stereocenters. The predicted octanol–water partition coefficient (Wildman–Crippen LogP) is 4.93. The number of thiazole rings is 1. The number of carbonyl (C=O) groups is 1. The van der Waals surface area contributed by atoms with Gasteiger partial charge in [-0.05, 0) is 60.9 Å². The molecule has 0 spiro atoms. The molecule has 0 radical (unpaired) electrons. The summed E-state index contributed by atoms with van der Waals surface area (Å²) in [7, 11) is -0.358. The van der Waals surface area contributed by atoms with Gasteiger partial charge in [-0.2, -0.15) is 4.31 Å². The van der Waals surface area contributed by atoms with Crippen molar-refractivity contribution in [3.05, 3.63) is 83.9 Å². The molecular weight excluding hydrogens is 482 g/mol. The molecule has 1 fully saturated rings. The Bertz CT molecular complexity index is 1460. The van der Waals surface area contributed by atoms with Crippen LogP contribution in [0.2, 0.25) is 0 Å². The van der Waals surface area contributed by atoms with Crippen molar-refractivity contribution in [1.82, 2.24) is 9.29 Å². The maximum atomic E-state index is 13.7. The fraction of sp³-hybridized carbons (Fsp3) is 0.231. The standard InChI is InChI=1S/C26H25N3O4S2/c1-28(20-10-11-20)35(31,32)22-13-8-19(9-14-22)25(30)29(17-18-6-4-3-5-7-18)26-27-23-15-12-21(33-2)16-24(23)34-26/h3-9,12-16,20H,10-11,17H2,1-2H3. The van der Waals surface area contributed by atoms with Crippen molar-refractivity contribution < 1.29 is 17.9 Å². The first-order valence-electron chi connectivity index (χ1n) is 11.3. The first-order valence-corrected chi connectivity index (χ1v) is 13.5. The predicted molar refractivity (Wildman–Crippen MR) is 138 cm³/mol. The van der Waals surface area contributed by atoms with Crippen molar-refractivity contribution in [3.8, 4) is 5.75 Å². The highest BCUT2D eigenvalue weighted by atomic mass is 32.2. The zero-order valence-corrected chi connectivity index (χ0v) is 21.1. The molecule has 3 aromatic carbocycles. The van der Waals surface area contributed by atoms with Gasteiger partial charge < -0.3 is 4.74 Å². The molecule has 9 heteroatoms. The lowest BCUT2D eigenvalue weighted by molar-refractivity contribution is 0.0985. The van der Waals surface area contributed by atoms with Gasteiger partial charge in [-0.25, -0.2) is 13.4 Å². The van der Waals surface area contributed by atoms with Gasteiger partial charge >= 0.3 is 0 Å². The Morgan fingerprint density at radius 3 is 2.43 bits per heavy atom. The number of benzene rings is 3. The molecule has 0 bridgehead atoms. The number of nitrogens with zero attached hydrogens (tertiary/aromatic N) is 3. The van der Waals surface area contributed by atoms with Crippen molar-refractivity contribution in [1.29, 1.82) is 0 Å².